The van der Waals surface area contributed by atoms with Crippen LogP contribution in [0.4, 0.5) is 11.5 Å². The van der Waals surface area contributed by atoms with Crippen LogP contribution in [-0.4, -0.2) is 16.5 Å². The third-order valence-corrected chi connectivity index (χ3v) is 4.44. The number of anilines is 2. The second-order valence-electron chi connectivity index (χ2n) is 6.46. The van der Waals surface area contributed by atoms with Gasteiger partial charge in [0, 0.05) is 17.4 Å². The molecule has 2 heterocycles. The molecule has 0 unspecified atom stereocenters. The zero-order valence-electron chi connectivity index (χ0n) is 15.2. The second kappa shape index (κ2) is 6.56. The summed E-state index contributed by atoms with van der Waals surface area (Å²) >= 11 is 0. The molecule has 0 bridgehead atoms. The number of pyridine rings is 1. The molecular weight excluding hydrogens is 322 g/mol. The van der Waals surface area contributed by atoms with Crippen LogP contribution in [0.15, 0.2) is 66.9 Å². The summed E-state index contributed by atoms with van der Waals surface area (Å²) in [6.07, 6.45) is 2.10. The van der Waals surface area contributed by atoms with E-state index in [4.69, 9.17) is 9.72 Å². The first-order chi connectivity index (χ1) is 12.6. The average Bonchev–Trinajstić information content (AvgIpc) is 3.01. The lowest BCUT2D eigenvalue weighted by Gasteiger charge is -2.10. The Balaban J connectivity index is 1.86. The van der Waals surface area contributed by atoms with Crippen molar-refractivity contribution in [1.29, 1.82) is 0 Å². The molecule has 0 fully saturated rings. The second-order valence-corrected chi connectivity index (χ2v) is 6.46. The quantitative estimate of drug-likeness (QED) is 0.541. The van der Waals surface area contributed by atoms with Crippen molar-refractivity contribution >= 4 is 17.2 Å². The number of nitrogens with zero attached hydrogens (tertiary/aromatic N) is 2. The monoisotopic (exact) mass is 343 g/mol. The van der Waals surface area contributed by atoms with Crippen molar-refractivity contribution in [3.63, 3.8) is 0 Å². The molecule has 1 N–H and O–H groups in total. The van der Waals surface area contributed by atoms with Gasteiger partial charge in [0.15, 0.2) is 0 Å². The Morgan fingerprint density at radius 3 is 2.23 bits per heavy atom. The Hall–Kier alpha value is -3.27. The molecule has 0 spiro atoms. The Kier molecular flexibility index (Phi) is 4.09. The molecule has 0 amide bonds. The highest BCUT2D eigenvalue weighted by atomic mass is 16.5. The fraction of sp³-hybridized carbons (Fsp3) is 0.136. The maximum atomic E-state index is 5.28. The van der Waals surface area contributed by atoms with E-state index in [1.165, 1.54) is 11.1 Å². The van der Waals surface area contributed by atoms with Crippen molar-refractivity contribution in [2.24, 2.45) is 0 Å². The molecule has 0 aliphatic heterocycles. The van der Waals surface area contributed by atoms with Crippen molar-refractivity contribution < 1.29 is 4.74 Å². The number of aromatic nitrogens is 2. The van der Waals surface area contributed by atoms with Crippen LogP contribution in [0.25, 0.3) is 16.9 Å². The van der Waals surface area contributed by atoms with Gasteiger partial charge in [0.2, 0.25) is 0 Å². The van der Waals surface area contributed by atoms with Crippen molar-refractivity contribution in [3.05, 3.63) is 78.0 Å². The molecule has 130 valence electrons. The van der Waals surface area contributed by atoms with Crippen molar-refractivity contribution in [2.45, 2.75) is 13.8 Å². The maximum absolute atomic E-state index is 5.28. The van der Waals surface area contributed by atoms with E-state index in [0.717, 1.165) is 34.2 Å². The van der Waals surface area contributed by atoms with Gasteiger partial charge >= 0.3 is 0 Å². The summed E-state index contributed by atoms with van der Waals surface area (Å²) in [6, 6.07) is 20.5. The van der Waals surface area contributed by atoms with Gasteiger partial charge in [-0.25, -0.2) is 4.98 Å². The van der Waals surface area contributed by atoms with E-state index in [2.05, 4.69) is 60.1 Å². The predicted molar refractivity (Wildman–Crippen MR) is 106 cm³/mol. The fourth-order valence-corrected chi connectivity index (χ4v) is 2.99. The number of rotatable bonds is 4. The standard InChI is InChI=1S/C22H21N3O/c1-15-4-9-18(10-5-15)23-22-21(17-7-11-19(26-3)12-8-17)24-20-13-6-16(2)14-25(20)22/h4-14,23H,1-3H3. The molecule has 0 saturated heterocycles. The van der Waals surface area contributed by atoms with Crippen molar-refractivity contribution in [2.75, 3.05) is 12.4 Å². The minimum Gasteiger partial charge on any atom is -0.497 e. The number of hydrogen-bond donors (Lipinski definition) is 1. The molecule has 0 radical (unpaired) electrons. The first kappa shape index (κ1) is 16.2. The molecule has 0 aliphatic carbocycles. The molecule has 0 aliphatic rings. The lowest BCUT2D eigenvalue weighted by molar-refractivity contribution is 0.415. The molecule has 4 nitrogen and oxygen atoms in total. The molecule has 0 saturated carbocycles. The van der Waals surface area contributed by atoms with Crippen molar-refractivity contribution in [1.82, 2.24) is 9.38 Å². The summed E-state index contributed by atoms with van der Waals surface area (Å²) in [5.74, 6) is 1.79. The lowest BCUT2D eigenvalue weighted by atomic mass is 10.1. The smallest absolute Gasteiger partial charge is 0.143 e. The molecule has 2 aromatic carbocycles. The van der Waals surface area contributed by atoms with E-state index < -0.39 is 0 Å². The first-order valence-electron chi connectivity index (χ1n) is 8.61. The summed E-state index contributed by atoms with van der Waals surface area (Å²) in [7, 11) is 1.67. The minimum absolute atomic E-state index is 0.835. The minimum atomic E-state index is 0.835. The van der Waals surface area contributed by atoms with Crippen LogP contribution in [0.1, 0.15) is 11.1 Å². The number of imidazole rings is 1. The van der Waals surface area contributed by atoms with Crippen LogP contribution in [0.2, 0.25) is 0 Å². The van der Waals surface area contributed by atoms with Gasteiger partial charge in [0.25, 0.3) is 0 Å². The van der Waals surface area contributed by atoms with Crippen LogP contribution in [0, 0.1) is 13.8 Å². The number of benzene rings is 2. The molecule has 4 rings (SSSR count). The van der Waals surface area contributed by atoms with Crippen LogP contribution in [-0.2, 0) is 0 Å². The van der Waals surface area contributed by atoms with Crippen LogP contribution in [0.3, 0.4) is 0 Å². The van der Waals surface area contributed by atoms with E-state index in [9.17, 15) is 0 Å². The average molecular weight is 343 g/mol. The molecule has 2 aromatic heterocycles. The Bertz CT molecular complexity index is 1050. The van der Waals surface area contributed by atoms with Crippen LogP contribution < -0.4 is 10.1 Å². The highest BCUT2D eigenvalue weighted by Gasteiger charge is 2.14. The fourth-order valence-electron chi connectivity index (χ4n) is 2.99. The van der Waals surface area contributed by atoms with Gasteiger partial charge in [-0.2, -0.15) is 0 Å². The third-order valence-electron chi connectivity index (χ3n) is 4.44. The largest absolute Gasteiger partial charge is 0.497 e. The van der Waals surface area contributed by atoms with Gasteiger partial charge in [-0.1, -0.05) is 23.8 Å². The normalized spacial score (nSPS) is 10.9. The highest BCUT2D eigenvalue weighted by molar-refractivity contribution is 5.80. The number of methoxy groups -OCH3 is 1. The molecule has 4 heteroatoms. The Morgan fingerprint density at radius 1 is 0.846 bits per heavy atom. The summed E-state index contributed by atoms with van der Waals surface area (Å²) in [4.78, 5) is 4.85. The van der Waals surface area contributed by atoms with Gasteiger partial charge in [-0.3, -0.25) is 4.40 Å². The molecule has 4 aromatic rings. The molecular formula is C22H21N3O. The Morgan fingerprint density at radius 2 is 1.54 bits per heavy atom. The summed E-state index contributed by atoms with van der Waals surface area (Å²) in [5.41, 5.74) is 6.33. The van der Waals surface area contributed by atoms with E-state index in [1.54, 1.807) is 7.11 Å². The van der Waals surface area contributed by atoms with Crippen LogP contribution >= 0.6 is 0 Å². The number of nitrogens with one attached hydrogen (secondary N) is 1. The summed E-state index contributed by atoms with van der Waals surface area (Å²) < 4.78 is 7.38. The summed E-state index contributed by atoms with van der Waals surface area (Å²) in [6.45, 7) is 4.17. The van der Waals surface area contributed by atoms with Crippen molar-refractivity contribution in [3.8, 4) is 17.0 Å². The highest BCUT2D eigenvalue weighted by Crippen LogP contribution is 2.32. The van der Waals surface area contributed by atoms with E-state index in [1.807, 2.05) is 30.3 Å². The number of hydrogen-bond acceptors (Lipinski definition) is 3. The Labute approximate surface area is 153 Å². The SMILES string of the molecule is COc1ccc(-c2nc3ccc(C)cn3c2Nc2ccc(C)cc2)cc1. The van der Waals surface area contributed by atoms with Gasteiger partial charge in [0.05, 0.1) is 7.11 Å². The number of ether oxygens (including phenoxy) is 1. The topological polar surface area (TPSA) is 38.6 Å². The number of aryl methyl sites for hydroxylation is 2. The van der Waals surface area contributed by atoms with Crippen LogP contribution in [0.5, 0.6) is 5.75 Å². The van der Waals surface area contributed by atoms with E-state index in [-0.39, 0.29) is 0 Å². The van der Waals surface area contributed by atoms with Gasteiger partial charge < -0.3 is 10.1 Å². The number of fused-ring (bicyclic) bond motifs is 1. The zero-order valence-corrected chi connectivity index (χ0v) is 15.2. The third kappa shape index (κ3) is 3.02. The predicted octanol–water partition coefficient (Wildman–Crippen LogP) is 5.37. The molecule has 26 heavy (non-hydrogen) atoms. The molecule has 0 atom stereocenters. The van der Waals surface area contributed by atoms with Gasteiger partial charge in [0.1, 0.15) is 22.9 Å². The lowest BCUT2D eigenvalue weighted by Crippen LogP contribution is -1.97. The van der Waals surface area contributed by atoms with E-state index >= 15 is 0 Å². The maximum Gasteiger partial charge on any atom is 0.143 e. The van der Waals surface area contributed by atoms with Gasteiger partial charge in [-0.15, -0.1) is 0 Å². The first-order valence-corrected chi connectivity index (χ1v) is 8.61. The van der Waals surface area contributed by atoms with Gasteiger partial charge in [-0.05, 0) is 61.9 Å². The zero-order chi connectivity index (χ0) is 18.1. The van der Waals surface area contributed by atoms with E-state index in [0.29, 0.717) is 0 Å². The summed E-state index contributed by atoms with van der Waals surface area (Å²) in [5, 5.41) is 3.55.